The van der Waals surface area contributed by atoms with Crippen LogP contribution in [-0.4, -0.2) is 37.1 Å². The minimum absolute atomic E-state index is 0.720. The number of nitrogen functional groups attached to an aromatic ring is 1. The molecule has 1 aromatic carbocycles. The van der Waals surface area contributed by atoms with Gasteiger partial charge in [0.25, 0.3) is 0 Å². The van der Waals surface area contributed by atoms with Crippen molar-refractivity contribution in [1.82, 2.24) is 4.90 Å². The van der Waals surface area contributed by atoms with Crippen LogP contribution in [0.25, 0.3) is 0 Å². The van der Waals surface area contributed by atoms with Crippen LogP contribution in [0.2, 0.25) is 0 Å². The van der Waals surface area contributed by atoms with Gasteiger partial charge >= 0.3 is 0 Å². The van der Waals surface area contributed by atoms with Crippen LogP contribution in [0.1, 0.15) is 26.7 Å². The van der Waals surface area contributed by atoms with E-state index in [0.717, 1.165) is 37.9 Å². The highest BCUT2D eigenvalue weighted by molar-refractivity contribution is 5.56. The molecule has 1 aliphatic rings. The number of anilines is 2. The van der Waals surface area contributed by atoms with Gasteiger partial charge in [0.05, 0.1) is 0 Å². The Bertz CT molecular complexity index is 370. The van der Waals surface area contributed by atoms with E-state index in [-0.39, 0.29) is 0 Å². The molecule has 1 saturated heterocycles. The summed E-state index contributed by atoms with van der Waals surface area (Å²) in [4.78, 5) is 5.04. The van der Waals surface area contributed by atoms with E-state index in [1.54, 1.807) is 0 Å². The summed E-state index contributed by atoms with van der Waals surface area (Å²) in [5.41, 5.74) is 7.96. The van der Waals surface area contributed by atoms with Gasteiger partial charge in [-0.15, -0.1) is 0 Å². The minimum Gasteiger partial charge on any atom is -0.399 e. The molecule has 0 bridgehead atoms. The van der Waals surface area contributed by atoms with Crippen LogP contribution in [0.15, 0.2) is 24.3 Å². The highest BCUT2D eigenvalue weighted by atomic mass is 15.3. The van der Waals surface area contributed by atoms with Crippen molar-refractivity contribution >= 4 is 11.4 Å². The van der Waals surface area contributed by atoms with Gasteiger partial charge in [-0.25, -0.2) is 0 Å². The van der Waals surface area contributed by atoms with Gasteiger partial charge in [0.2, 0.25) is 0 Å². The predicted octanol–water partition coefficient (Wildman–Crippen LogP) is 2.58. The fourth-order valence-corrected chi connectivity index (χ4v) is 2.74. The SMILES string of the molecule is CCCC(C)N1CCN(c2cccc(N)c2)CC1. The summed E-state index contributed by atoms with van der Waals surface area (Å²) >= 11 is 0. The number of nitrogens with two attached hydrogens (primary N) is 1. The highest BCUT2D eigenvalue weighted by Gasteiger charge is 2.20. The summed E-state index contributed by atoms with van der Waals surface area (Å²) < 4.78 is 0. The second-order valence-electron chi connectivity index (χ2n) is 5.26. The van der Waals surface area contributed by atoms with Gasteiger partial charge in [0.15, 0.2) is 0 Å². The standard InChI is InChI=1S/C15H25N3/c1-3-5-13(2)17-8-10-18(11-9-17)15-7-4-6-14(16)12-15/h4,6-7,12-13H,3,5,8-11,16H2,1-2H3. The first-order chi connectivity index (χ1) is 8.70. The molecule has 0 spiro atoms. The lowest BCUT2D eigenvalue weighted by Crippen LogP contribution is -2.49. The molecule has 0 amide bonds. The van der Waals surface area contributed by atoms with Crippen molar-refractivity contribution in [1.29, 1.82) is 0 Å². The van der Waals surface area contributed by atoms with Crippen LogP contribution >= 0.6 is 0 Å². The molecule has 1 aliphatic heterocycles. The number of nitrogens with zero attached hydrogens (tertiary/aromatic N) is 2. The molecule has 0 aliphatic carbocycles. The summed E-state index contributed by atoms with van der Waals surface area (Å²) in [7, 11) is 0. The first-order valence-corrected chi connectivity index (χ1v) is 7.05. The Morgan fingerprint density at radius 1 is 1.22 bits per heavy atom. The second-order valence-corrected chi connectivity index (χ2v) is 5.26. The molecule has 18 heavy (non-hydrogen) atoms. The molecule has 1 heterocycles. The van der Waals surface area contributed by atoms with Crippen LogP contribution in [0, 0.1) is 0 Å². The molecule has 0 saturated carbocycles. The van der Waals surface area contributed by atoms with Gasteiger partial charge in [0, 0.05) is 43.6 Å². The van der Waals surface area contributed by atoms with Crippen molar-refractivity contribution < 1.29 is 0 Å². The van der Waals surface area contributed by atoms with E-state index in [0.29, 0.717) is 0 Å². The zero-order valence-electron chi connectivity index (χ0n) is 11.6. The Morgan fingerprint density at radius 2 is 1.94 bits per heavy atom. The third kappa shape index (κ3) is 3.16. The van der Waals surface area contributed by atoms with Gasteiger partial charge in [-0.2, -0.15) is 0 Å². The fourth-order valence-electron chi connectivity index (χ4n) is 2.74. The predicted molar refractivity (Wildman–Crippen MR) is 79.0 cm³/mol. The smallest absolute Gasteiger partial charge is 0.0387 e. The number of rotatable bonds is 4. The van der Waals surface area contributed by atoms with Crippen molar-refractivity contribution in [3.8, 4) is 0 Å². The molecule has 0 radical (unpaired) electrons. The summed E-state index contributed by atoms with van der Waals surface area (Å²) in [6, 6.07) is 8.94. The zero-order valence-corrected chi connectivity index (χ0v) is 11.6. The number of hydrogen-bond donors (Lipinski definition) is 1. The Balaban J connectivity index is 1.90. The largest absolute Gasteiger partial charge is 0.399 e. The third-order valence-electron chi connectivity index (χ3n) is 3.88. The number of piperazine rings is 1. The van der Waals surface area contributed by atoms with Crippen LogP contribution in [-0.2, 0) is 0 Å². The summed E-state index contributed by atoms with van der Waals surface area (Å²) in [5, 5.41) is 0. The number of hydrogen-bond acceptors (Lipinski definition) is 3. The normalized spacial score (nSPS) is 18.9. The minimum atomic E-state index is 0.720. The van der Waals surface area contributed by atoms with E-state index in [9.17, 15) is 0 Å². The summed E-state index contributed by atoms with van der Waals surface area (Å²) in [6.45, 7) is 9.15. The summed E-state index contributed by atoms with van der Waals surface area (Å²) in [6.07, 6.45) is 2.58. The maximum Gasteiger partial charge on any atom is 0.0387 e. The maximum absolute atomic E-state index is 5.84. The van der Waals surface area contributed by atoms with Crippen LogP contribution in [0.4, 0.5) is 11.4 Å². The van der Waals surface area contributed by atoms with Crippen molar-refractivity contribution in [3.63, 3.8) is 0 Å². The Kier molecular flexibility index (Phi) is 4.48. The summed E-state index contributed by atoms with van der Waals surface area (Å²) in [5.74, 6) is 0. The van der Waals surface area contributed by atoms with E-state index >= 15 is 0 Å². The van der Waals surface area contributed by atoms with E-state index in [1.165, 1.54) is 18.5 Å². The van der Waals surface area contributed by atoms with Gasteiger partial charge < -0.3 is 10.6 Å². The molecule has 100 valence electrons. The second kappa shape index (κ2) is 6.10. The topological polar surface area (TPSA) is 32.5 Å². The van der Waals surface area contributed by atoms with Gasteiger partial charge in [0.1, 0.15) is 0 Å². The lowest BCUT2D eigenvalue weighted by atomic mass is 10.1. The molecule has 1 atom stereocenters. The van der Waals surface area contributed by atoms with Crippen molar-refractivity contribution in [2.45, 2.75) is 32.7 Å². The third-order valence-corrected chi connectivity index (χ3v) is 3.88. The van der Waals surface area contributed by atoms with Gasteiger partial charge in [-0.05, 0) is 31.5 Å². The Morgan fingerprint density at radius 3 is 2.56 bits per heavy atom. The molecule has 1 unspecified atom stereocenters. The molecule has 1 aromatic rings. The molecule has 1 fully saturated rings. The van der Waals surface area contributed by atoms with E-state index < -0.39 is 0 Å². The zero-order chi connectivity index (χ0) is 13.0. The Hall–Kier alpha value is -1.22. The van der Waals surface area contributed by atoms with E-state index in [1.807, 2.05) is 12.1 Å². The molecule has 2 N–H and O–H groups in total. The lowest BCUT2D eigenvalue weighted by Gasteiger charge is -2.39. The Labute approximate surface area is 111 Å². The molecule has 3 heteroatoms. The maximum atomic E-state index is 5.84. The van der Waals surface area contributed by atoms with Crippen LogP contribution in [0.3, 0.4) is 0 Å². The molecular weight excluding hydrogens is 222 g/mol. The lowest BCUT2D eigenvalue weighted by molar-refractivity contribution is 0.188. The molecule has 2 rings (SSSR count). The van der Waals surface area contributed by atoms with E-state index in [4.69, 9.17) is 5.73 Å². The van der Waals surface area contributed by atoms with Crippen LogP contribution < -0.4 is 10.6 Å². The first kappa shape index (κ1) is 13.2. The van der Waals surface area contributed by atoms with Gasteiger partial charge in [-0.1, -0.05) is 19.4 Å². The van der Waals surface area contributed by atoms with Crippen LogP contribution in [0.5, 0.6) is 0 Å². The molecular formula is C15H25N3. The fraction of sp³-hybridized carbons (Fsp3) is 0.600. The van der Waals surface area contributed by atoms with Crippen molar-refractivity contribution in [3.05, 3.63) is 24.3 Å². The average Bonchev–Trinajstić information content (AvgIpc) is 2.39. The quantitative estimate of drug-likeness (QED) is 0.830. The molecule has 3 nitrogen and oxygen atoms in total. The molecule has 0 aromatic heterocycles. The van der Waals surface area contributed by atoms with Crippen molar-refractivity contribution in [2.75, 3.05) is 36.8 Å². The number of benzene rings is 1. The highest BCUT2D eigenvalue weighted by Crippen LogP contribution is 2.20. The average molecular weight is 247 g/mol. The van der Waals surface area contributed by atoms with Gasteiger partial charge in [-0.3, -0.25) is 4.90 Å². The first-order valence-electron chi connectivity index (χ1n) is 7.05. The van der Waals surface area contributed by atoms with Crippen molar-refractivity contribution in [2.24, 2.45) is 0 Å². The monoisotopic (exact) mass is 247 g/mol. The van der Waals surface area contributed by atoms with E-state index in [2.05, 4.69) is 35.8 Å².